The van der Waals surface area contributed by atoms with Crippen LogP contribution < -0.4 is 10.6 Å². The summed E-state index contributed by atoms with van der Waals surface area (Å²) in [5, 5.41) is 5.80. The fourth-order valence-corrected chi connectivity index (χ4v) is 3.96. The van der Waals surface area contributed by atoms with Gasteiger partial charge < -0.3 is 10.6 Å². The molecule has 2 aromatic rings. The maximum atomic E-state index is 13.3. The number of amides is 2. The maximum Gasteiger partial charge on any atom is 0.251 e. The van der Waals surface area contributed by atoms with E-state index in [1.807, 2.05) is 6.07 Å². The Kier molecular flexibility index (Phi) is 5.58. The zero-order valence-electron chi connectivity index (χ0n) is 16.0. The second-order valence-electron chi connectivity index (χ2n) is 7.72. The lowest BCUT2D eigenvalue weighted by molar-refractivity contribution is -0.116. The molecule has 2 amide bonds. The smallest absolute Gasteiger partial charge is 0.251 e. The summed E-state index contributed by atoms with van der Waals surface area (Å²) < 4.78 is 26.6. The molecule has 0 radical (unpaired) electrons. The van der Waals surface area contributed by atoms with E-state index in [2.05, 4.69) is 27.7 Å². The van der Waals surface area contributed by atoms with Gasteiger partial charge in [-0.25, -0.2) is 8.78 Å². The summed E-state index contributed by atoms with van der Waals surface area (Å²) in [5.41, 5.74) is 3.22. The number of hydrogen-bond donors (Lipinski definition) is 2. The SMILES string of the molecule is O=C1CCc2ccc(CN3CCC(NC(=O)c4cc(F)cc(F)c4)CC3)cc2N1. The van der Waals surface area contributed by atoms with Gasteiger partial charge in [0.05, 0.1) is 0 Å². The highest BCUT2D eigenvalue weighted by atomic mass is 19.1. The molecule has 29 heavy (non-hydrogen) atoms. The van der Waals surface area contributed by atoms with Crippen molar-refractivity contribution in [2.45, 2.75) is 38.3 Å². The van der Waals surface area contributed by atoms with Crippen LogP contribution in [0.25, 0.3) is 0 Å². The number of nitrogens with one attached hydrogen (secondary N) is 2. The Balaban J connectivity index is 1.30. The van der Waals surface area contributed by atoms with Gasteiger partial charge in [0.2, 0.25) is 5.91 Å². The Labute approximate surface area is 168 Å². The summed E-state index contributed by atoms with van der Waals surface area (Å²) in [6.45, 7) is 2.40. The molecule has 2 N–H and O–H groups in total. The van der Waals surface area contributed by atoms with Crippen LogP contribution in [0.4, 0.5) is 14.5 Å². The average Bonchev–Trinajstić information content (AvgIpc) is 2.68. The number of carbonyl (C=O) groups is 2. The van der Waals surface area contributed by atoms with Gasteiger partial charge in [0.25, 0.3) is 5.91 Å². The highest BCUT2D eigenvalue weighted by molar-refractivity contribution is 5.94. The van der Waals surface area contributed by atoms with Crippen molar-refractivity contribution in [3.05, 3.63) is 64.7 Å². The van der Waals surface area contributed by atoms with Crippen molar-refractivity contribution in [2.75, 3.05) is 18.4 Å². The Morgan fingerprint density at radius 1 is 1.07 bits per heavy atom. The van der Waals surface area contributed by atoms with Crippen LogP contribution in [0.15, 0.2) is 36.4 Å². The number of carbonyl (C=O) groups excluding carboxylic acids is 2. The number of aryl methyl sites for hydroxylation is 1. The zero-order valence-corrected chi connectivity index (χ0v) is 16.0. The Bertz CT molecular complexity index is 919. The molecule has 152 valence electrons. The van der Waals surface area contributed by atoms with E-state index in [4.69, 9.17) is 0 Å². The summed E-state index contributed by atoms with van der Waals surface area (Å²) in [4.78, 5) is 26.2. The van der Waals surface area contributed by atoms with E-state index in [1.54, 1.807) is 0 Å². The van der Waals surface area contributed by atoms with Crippen molar-refractivity contribution in [1.82, 2.24) is 10.2 Å². The van der Waals surface area contributed by atoms with Crippen LogP contribution in [0.5, 0.6) is 0 Å². The number of anilines is 1. The molecular formula is C22H23F2N3O2. The van der Waals surface area contributed by atoms with Crippen LogP contribution >= 0.6 is 0 Å². The van der Waals surface area contributed by atoms with E-state index in [0.29, 0.717) is 6.42 Å². The minimum Gasteiger partial charge on any atom is -0.349 e. The molecule has 0 bridgehead atoms. The van der Waals surface area contributed by atoms with E-state index in [-0.39, 0.29) is 17.5 Å². The molecule has 1 saturated heterocycles. The number of hydrogen-bond acceptors (Lipinski definition) is 3. The number of nitrogens with zero attached hydrogens (tertiary/aromatic N) is 1. The lowest BCUT2D eigenvalue weighted by atomic mass is 9.99. The molecule has 2 heterocycles. The van der Waals surface area contributed by atoms with Crippen molar-refractivity contribution in [3.63, 3.8) is 0 Å². The molecule has 0 atom stereocenters. The maximum absolute atomic E-state index is 13.3. The minimum atomic E-state index is -0.758. The molecule has 5 nitrogen and oxygen atoms in total. The lowest BCUT2D eigenvalue weighted by Gasteiger charge is -2.32. The van der Waals surface area contributed by atoms with Gasteiger partial charge in [0.15, 0.2) is 0 Å². The Morgan fingerprint density at radius 3 is 2.52 bits per heavy atom. The van der Waals surface area contributed by atoms with Crippen molar-refractivity contribution in [1.29, 1.82) is 0 Å². The number of fused-ring (bicyclic) bond motifs is 1. The van der Waals surface area contributed by atoms with Gasteiger partial charge in [-0.05, 0) is 48.6 Å². The first-order valence-corrected chi connectivity index (χ1v) is 9.87. The lowest BCUT2D eigenvalue weighted by Crippen LogP contribution is -2.44. The van der Waals surface area contributed by atoms with Gasteiger partial charge >= 0.3 is 0 Å². The van der Waals surface area contributed by atoms with E-state index >= 15 is 0 Å². The van der Waals surface area contributed by atoms with E-state index in [1.165, 1.54) is 5.56 Å². The van der Waals surface area contributed by atoms with Crippen LogP contribution in [-0.4, -0.2) is 35.8 Å². The average molecular weight is 399 g/mol. The monoisotopic (exact) mass is 399 g/mol. The number of piperidine rings is 1. The molecule has 7 heteroatoms. The summed E-state index contributed by atoms with van der Waals surface area (Å²) in [6.07, 6.45) is 2.85. The zero-order chi connectivity index (χ0) is 20.4. The third kappa shape index (κ3) is 4.79. The third-order valence-electron chi connectivity index (χ3n) is 5.52. The molecule has 2 aliphatic heterocycles. The first kappa shape index (κ1) is 19.5. The molecule has 0 aromatic heterocycles. The van der Waals surface area contributed by atoms with E-state index in [9.17, 15) is 18.4 Å². The van der Waals surface area contributed by atoms with Crippen molar-refractivity contribution >= 4 is 17.5 Å². The molecule has 1 fully saturated rings. The fraction of sp³-hybridized carbons (Fsp3) is 0.364. The highest BCUT2D eigenvalue weighted by Crippen LogP contribution is 2.25. The Morgan fingerprint density at radius 2 is 1.79 bits per heavy atom. The van der Waals surface area contributed by atoms with Crippen LogP contribution in [0, 0.1) is 11.6 Å². The van der Waals surface area contributed by atoms with Crippen molar-refractivity contribution in [3.8, 4) is 0 Å². The number of rotatable bonds is 4. The molecule has 4 rings (SSSR count). The number of halogens is 2. The second-order valence-corrected chi connectivity index (χ2v) is 7.72. The summed E-state index contributed by atoms with van der Waals surface area (Å²) >= 11 is 0. The van der Waals surface area contributed by atoms with E-state index < -0.39 is 17.5 Å². The molecule has 2 aromatic carbocycles. The quantitative estimate of drug-likeness (QED) is 0.830. The minimum absolute atomic E-state index is 0.000959. The van der Waals surface area contributed by atoms with Gasteiger partial charge in [-0.2, -0.15) is 0 Å². The molecule has 0 spiro atoms. The molecule has 0 saturated carbocycles. The predicted octanol–water partition coefficient (Wildman–Crippen LogP) is 3.24. The van der Waals surface area contributed by atoms with Gasteiger partial charge in [0.1, 0.15) is 11.6 Å². The van der Waals surface area contributed by atoms with Gasteiger partial charge in [-0.15, -0.1) is 0 Å². The van der Waals surface area contributed by atoms with Gasteiger partial charge in [0, 0.05) is 49.4 Å². The standard InChI is InChI=1S/C22H23F2N3O2/c23-17-10-16(11-18(24)12-17)22(29)25-19-5-7-27(8-6-19)13-14-1-2-15-3-4-21(28)26-20(15)9-14/h1-2,9-12,19H,3-8,13H2,(H,25,29)(H,26,28). The van der Waals surface area contributed by atoms with Crippen molar-refractivity contribution in [2.24, 2.45) is 0 Å². The van der Waals surface area contributed by atoms with Crippen molar-refractivity contribution < 1.29 is 18.4 Å². The number of benzene rings is 2. The molecule has 2 aliphatic rings. The Hall–Kier alpha value is -2.80. The number of likely N-dealkylation sites (tertiary alicyclic amines) is 1. The van der Waals surface area contributed by atoms with Crippen LogP contribution in [0.2, 0.25) is 0 Å². The topological polar surface area (TPSA) is 61.4 Å². The molecule has 0 unspecified atom stereocenters. The normalized spacial score (nSPS) is 17.5. The predicted molar refractivity (Wildman–Crippen MR) is 106 cm³/mol. The van der Waals surface area contributed by atoms with Crippen LogP contribution in [0.1, 0.15) is 40.7 Å². The molecule has 0 aliphatic carbocycles. The summed E-state index contributed by atoms with van der Waals surface area (Å²) in [5.74, 6) is -1.91. The third-order valence-corrected chi connectivity index (χ3v) is 5.52. The highest BCUT2D eigenvalue weighted by Gasteiger charge is 2.22. The van der Waals surface area contributed by atoms with Gasteiger partial charge in [-0.1, -0.05) is 12.1 Å². The first-order chi connectivity index (χ1) is 14.0. The summed E-state index contributed by atoms with van der Waals surface area (Å²) in [7, 11) is 0. The van der Waals surface area contributed by atoms with E-state index in [0.717, 1.165) is 68.3 Å². The van der Waals surface area contributed by atoms with Gasteiger partial charge in [-0.3, -0.25) is 14.5 Å². The summed E-state index contributed by atoms with van der Waals surface area (Å²) in [6, 6.07) is 9.04. The van der Waals surface area contributed by atoms with Crippen LogP contribution in [0.3, 0.4) is 0 Å². The second kappa shape index (κ2) is 8.29. The first-order valence-electron chi connectivity index (χ1n) is 9.87. The van der Waals surface area contributed by atoms with Crippen LogP contribution in [-0.2, 0) is 17.8 Å². The largest absolute Gasteiger partial charge is 0.349 e. The fourth-order valence-electron chi connectivity index (χ4n) is 3.96. The molecular weight excluding hydrogens is 376 g/mol.